The Balaban J connectivity index is 1.96. The van der Waals surface area contributed by atoms with E-state index in [2.05, 4.69) is 38.2 Å². The van der Waals surface area contributed by atoms with Crippen molar-refractivity contribution in [2.24, 2.45) is 10.9 Å². The number of hydrogen-bond donors (Lipinski definition) is 1. The summed E-state index contributed by atoms with van der Waals surface area (Å²) in [6.45, 7) is 6.63. The summed E-state index contributed by atoms with van der Waals surface area (Å²) >= 11 is 0. The fraction of sp³-hybridized carbons (Fsp3) is 0.667. The molecule has 3 rings (SSSR count). The summed E-state index contributed by atoms with van der Waals surface area (Å²) in [6, 6.07) is 4.21. The molecule has 0 saturated heterocycles. The number of aliphatic imine (C=N–C) groups is 1. The van der Waals surface area contributed by atoms with Gasteiger partial charge in [-0.3, -0.25) is 0 Å². The Hall–Kier alpha value is -1.55. The number of rotatable bonds is 3. The van der Waals surface area contributed by atoms with Crippen LogP contribution in [0.2, 0.25) is 0 Å². The van der Waals surface area contributed by atoms with Crippen molar-refractivity contribution in [1.82, 2.24) is 5.32 Å². The molecule has 4 nitrogen and oxygen atoms in total. The van der Waals surface area contributed by atoms with Crippen LogP contribution in [0.3, 0.4) is 0 Å². The zero-order chi connectivity index (χ0) is 17.9. The van der Waals surface area contributed by atoms with Gasteiger partial charge in [0.05, 0.1) is 13.4 Å². The maximum absolute atomic E-state index is 5.77. The highest BCUT2D eigenvalue weighted by Gasteiger charge is 2.33. The van der Waals surface area contributed by atoms with E-state index in [-0.39, 0.29) is 17.5 Å². The number of hydrogen-bond acceptors (Lipinski definition) is 4. The first-order valence-corrected chi connectivity index (χ1v) is 9.60. The first-order valence-electron chi connectivity index (χ1n) is 9.60. The Morgan fingerprint density at radius 1 is 1.20 bits per heavy atom. The zero-order valence-electron chi connectivity index (χ0n) is 16.0. The highest BCUT2D eigenvalue weighted by atomic mass is 16.5. The van der Waals surface area contributed by atoms with Gasteiger partial charge in [-0.25, -0.2) is 4.99 Å². The molecule has 2 heterocycles. The molecule has 1 aromatic rings. The van der Waals surface area contributed by atoms with Crippen LogP contribution in [0.4, 0.5) is 0 Å². The molecular formula is C21H32N2O2. The maximum atomic E-state index is 5.77. The molecule has 4 heteroatoms. The Morgan fingerprint density at radius 2 is 1.96 bits per heavy atom. The molecule has 138 valence electrons. The van der Waals surface area contributed by atoms with Crippen LogP contribution in [-0.4, -0.2) is 24.6 Å². The number of ether oxygens (including phenoxy) is 1. The fourth-order valence-electron chi connectivity index (χ4n) is 4.02. The molecule has 0 unspecified atom stereocenters. The summed E-state index contributed by atoms with van der Waals surface area (Å²) in [6.07, 6.45) is 11.3. The molecular weight excluding hydrogens is 312 g/mol. The van der Waals surface area contributed by atoms with Crippen molar-refractivity contribution in [2.75, 3.05) is 7.11 Å². The first kappa shape index (κ1) is 18.2. The summed E-state index contributed by atoms with van der Waals surface area (Å²) in [5.74, 6) is 2.55. The summed E-state index contributed by atoms with van der Waals surface area (Å²) < 4.78 is 11.4. The Morgan fingerprint density at radius 3 is 2.56 bits per heavy atom. The number of furan rings is 1. The standard InChI is InChI=1S/C21H32N2O2/c1-21(2,3)23-18-14-17(15-9-6-5-7-10-15)22-20(24-4)13-16(18)19-11-8-12-25-19/h8,11-12,14-16,18,23H,5-7,9-10,13H2,1-4H3/t16-,18-/m0/s1. The first-order chi connectivity index (χ1) is 12.0. The second-order valence-corrected chi connectivity index (χ2v) is 8.38. The highest BCUT2D eigenvalue weighted by molar-refractivity contribution is 5.78. The van der Waals surface area contributed by atoms with Gasteiger partial charge in [-0.15, -0.1) is 0 Å². The minimum atomic E-state index is 0.0151. The predicted octanol–water partition coefficient (Wildman–Crippen LogP) is 5.03. The molecule has 1 aromatic heterocycles. The third kappa shape index (κ3) is 4.75. The van der Waals surface area contributed by atoms with Gasteiger partial charge in [0.25, 0.3) is 0 Å². The van der Waals surface area contributed by atoms with Crippen LogP contribution in [0.25, 0.3) is 0 Å². The van der Waals surface area contributed by atoms with Gasteiger partial charge in [-0.1, -0.05) is 19.3 Å². The van der Waals surface area contributed by atoms with E-state index in [4.69, 9.17) is 14.1 Å². The molecule has 1 aliphatic carbocycles. The average Bonchev–Trinajstić information content (AvgIpc) is 3.04. The molecule has 0 amide bonds. The van der Waals surface area contributed by atoms with E-state index in [1.165, 1.54) is 37.8 Å². The van der Waals surface area contributed by atoms with Crippen molar-refractivity contribution in [3.8, 4) is 0 Å². The second kappa shape index (κ2) is 7.77. The molecule has 0 radical (unpaired) electrons. The van der Waals surface area contributed by atoms with Gasteiger partial charge in [-0.05, 0) is 51.8 Å². The molecule has 1 aliphatic heterocycles. The van der Waals surface area contributed by atoms with E-state index < -0.39 is 0 Å². The van der Waals surface area contributed by atoms with Gasteiger partial charge in [-0.2, -0.15) is 0 Å². The average molecular weight is 344 g/mol. The van der Waals surface area contributed by atoms with Crippen LogP contribution < -0.4 is 5.32 Å². The number of nitrogens with one attached hydrogen (secondary N) is 1. The lowest BCUT2D eigenvalue weighted by Gasteiger charge is -2.31. The van der Waals surface area contributed by atoms with Crippen LogP contribution in [0, 0.1) is 5.92 Å². The topological polar surface area (TPSA) is 46.8 Å². The third-order valence-electron chi connectivity index (χ3n) is 5.20. The van der Waals surface area contributed by atoms with E-state index in [0.29, 0.717) is 5.92 Å². The van der Waals surface area contributed by atoms with Gasteiger partial charge in [0.2, 0.25) is 0 Å². The number of allylic oxidation sites excluding steroid dienone is 1. The van der Waals surface area contributed by atoms with Gasteiger partial charge < -0.3 is 14.5 Å². The number of nitrogens with zero attached hydrogens (tertiary/aromatic N) is 1. The Bertz CT molecular complexity index is 604. The van der Waals surface area contributed by atoms with Crippen LogP contribution in [0.1, 0.15) is 71.0 Å². The van der Waals surface area contributed by atoms with Gasteiger partial charge in [0, 0.05) is 35.5 Å². The molecule has 1 saturated carbocycles. The molecule has 0 bridgehead atoms. The molecule has 1 N–H and O–H groups in total. The fourth-order valence-corrected chi connectivity index (χ4v) is 4.02. The van der Waals surface area contributed by atoms with Crippen molar-refractivity contribution < 1.29 is 9.15 Å². The summed E-state index contributed by atoms with van der Waals surface area (Å²) in [5.41, 5.74) is 1.22. The Kier molecular flexibility index (Phi) is 5.67. The lowest BCUT2D eigenvalue weighted by molar-refractivity contribution is 0.322. The van der Waals surface area contributed by atoms with E-state index in [1.54, 1.807) is 13.4 Å². The van der Waals surface area contributed by atoms with Crippen LogP contribution in [0.5, 0.6) is 0 Å². The van der Waals surface area contributed by atoms with Crippen molar-refractivity contribution in [2.45, 2.75) is 76.8 Å². The molecule has 0 aromatic carbocycles. The predicted molar refractivity (Wildman–Crippen MR) is 102 cm³/mol. The minimum absolute atomic E-state index is 0.0151. The quantitative estimate of drug-likeness (QED) is 0.836. The van der Waals surface area contributed by atoms with Crippen LogP contribution in [-0.2, 0) is 4.74 Å². The van der Waals surface area contributed by atoms with E-state index >= 15 is 0 Å². The molecule has 25 heavy (non-hydrogen) atoms. The third-order valence-corrected chi connectivity index (χ3v) is 5.20. The summed E-state index contributed by atoms with van der Waals surface area (Å²) in [4.78, 5) is 4.93. The molecule has 0 spiro atoms. The number of methoxy groups -OCH3 is 1. The summed E-state index contributed by atoms with van der Waals surface area (Å²) in [7, 11) is 1.73. The largest absolute Gasteiger partial charge is 0.484 e. The minimum Gasteiger partial charge on any atom is -0.484 e. The zero-order valence-corrected chi connectivity index (χ0v) is 16.0. The summed E-state index contributed by atoms with van der Waals surface area (Å²) in [5, 5.41) is 3.78. The van der Waals surface area contributed by atoms with Crippen molar-refractivity contribution in [3.63, 3.8) is 0 Å². The van der Waals surface area contributed by atoms with Crippen LogP contribution >= 0.6 is 0 Å². The van der Waals surface area contributed by atoms with Crippen molar-refractivity contribution >= 4 is 5.90 Å². The van der Waals surface area contributed by atoms with Gasteiger partial charge in [0.1, 0.15) is 5.76 Å². The van der Waals surface area contributed by atoms with Gasteiger partial charge >= 0.3 is 0 Å². The van der Waals surface area contributed by atoms with Crippen LogP contribution in [0.15, 0.2) is 39.6 Å². The molecule has 2 aliphatic rings. The second-order valence-electron chi connectivity index (χ2n) is 8.38. The Labute approximate surface area is 151 Å². The molecule has 2 atom stereocenters. The lowest BCUT2D eigenvalue weighted by Crippen LogP contribution is -2.46. The maximum Gasteiger partial charge on any atom is 0.188 e. The lowest BCUT2D eigenvalue weighted by atomic mass is 9.85. The smallest absolute Gasteiger partial charge is 0.188 e. The van der Waals surface area contributed by atoms with E-state index in [1.807, 2.05) is 6.07 Å². The monoisotopic (exact) mass is 344 g/mol. The van der Waals surface area contributed by atoms with Gasteiger partial charge in [0.15, 0.2) is 5.90 Å². The molecule has 1 fully saturated rings. The SMILES string of the molecule is COC1=NC(C2CCCCC2)=C[C@H](NC(C)(C)C)[C@@H](c2ccco2)C1. The van der Waals surface area contributed by atoms with E-state index in [9.17, 15) is 0 Å². The van der Waals surface area contributed by atoms with Crippen molar-refractivity contribution in [3.05, 3.63) is 35.9 Å². The van der Waals surface area contributed by atoms with Crippen molar-refractivity contribution in [1.29, 1.82) is 0 Å². The normalized spacial score (nSPS) is 25.9. The van der Waals surface area contributed by atoms with E-state index in [0.717, 1.165) is 18.1 Å². The highest BCUT2D eigenvalue weighted by Crippen LogP contribution is 2.36.